The van der Waals surface area contributed by atoms with Gasteiger partial charge in [0.15, 0.2) is 0 Å². The number of rotatable bonds is 1. The predicted molar refractivity (Wildman–Crippen MR) is 60.4 cm³/mol. The number of para-hydroxylation sites is 1. The number of fused-ring (bicyclic) bond motifs is 1. The number of ether oxygens (including phenoxy) is 1. The molecule has 5 heteroatoms. The lowest BCUT2D eigenvalue weighted by Gasteiger charge is -2.22. The molecule has 0 bridgehead atoms. The molecule has 0 aliphatic carbocycles. The van der Waals surface area contributed by atoms with Gasteiger partial charge < -0.3 is 9.26 Å². The zero-order valence-electron chi connectivity index (χ0n) is 8.39. The van der Waals surface area contributed by atoms with Gasteiger partial charge in [0.05, 0.1) is 5.92 Å². The van der Waals surface area contributed by atoms with Gasteiger partial charge in [0.1, 0.15) is 12.4 Å². The number of hydrogen-bond acceptors (Lipinski definition) is 4. The third-order valence-electron chi connectivity index (χ3n) is 2.65. The molecule has 0 spiro atoms. The van der Waals surface area contributed by atoms with E-state index in [0.717, 1.165) is 12.2 Å². The lowest BCUT2D eigenvalue weighted by atomic mass is 9.97. The minimum Gasteiger partial charge on any atom is -0.492 e. The molecule has 2 aromatic rings. The molecule has 1 aliphatic heterocycles. The van der Waals surface area contributed by atoms with E-state index in [1.807, 2.05) is 18.2 Å². The Bertz CT molecular complexity index is 512. The van der Waals surface area contributed by atoms with E-state index in [2.05, 4.69) is 32.1 Å². The van der Waals surface area contributed by atoms with E-state index in [0.29, 0.717) is 17.2 Å². The van der Waals surface area contributed by atoms with E-state index in [9.17, 15) is 0 Å². The topological polar surface area (TPSA) is 48.2 Å². The van der Waals surface area contributed by atoms with Crippen molar-refractivity contribution in [2.75, 3.05) is 6.61 Å². The lowest BCUT2D eigenvalue weighted by Crippen LogP contribution is -2.19. The molecule has 1 unspecified atom stereocenters. The molecule has 1 aliphatic rings. The van der Waals surface area contributed by atoms with Crippen LogP contribution in [0.25, 0.3) is 0 Å². The van der Waals surface area contributed by atoms with E-state index in [1.165, 1.54) is 5.56 Å². The summed E-state index contributed by atoms with van der Waals surface area (Å²) in [5.74, 6) is 1.73. The third kappa shape index (κ3) is 1.71. The van der Waals surface area contributed by atoms with Crippen LogP contribution in [0.3, 0.4) is 0 Å². The maximum atomic E-state index is 5.66. The highest BCUT2D eigenvalue weighted by Gasteiger charge is 2.25. The van der Waals surface area contributed by atoms with Crippen molar-refractivity contribution in [3.8, 4) is 5.75 Å². The molecule has 1 atom stereocenters. The van der Waals surface area contributed by atoms with Gasteiger partial charge in [-0.1, -0.05) is 18.2 Å². The summed E-state index contributed by atoms with van der Waals surface area (Å²) in [4.78, 5) is 4.17. The molecule has 82 valence electrons. The summed E-state index contributed by atoms with van der Waals surface area (Å²) < 4.78 is 11.3. The summed E-state index contributed by atoms with van der Waals surface area (Å²) >= 11 is 3.17. The highest BCUT2D eigenvalue weighted by atomic mass is 79.9. The molecule has 0 saturated heterocycles. The quantitative estimate of drug-likeness (QED) is 0.806. The smallest absolute Gasteiger partial charge is 0.238 e. The minimum atomic E-state index is 0.147. The maximum Gasteiger partial charge on any atom is 0.238 e. The van der Waals surface area contributed by atoms with Crippen molar-refractivity contribution < 1.29 is 9.26 Å². The summed E-state index contributed by atoms with van der Waals surface area (Å²) in [5.41, 5.74) is 1.19. The first-order valence-electron chi connectivity index (χ1n) is 5.03. The second-order valence-corrected chi connectivity index (χ2v) is 4.43. The summed E-state index contributed by atoms with van der Waals surface area (Å²) in [6, 6.07) is 8.03. The summed E-state index contributed by atoms with van der Waals surface area (Å²) in [5, 5.41) is 3.72. The van der Waals surface area contributed by atoms with E-state index < -0.39 is 0 Å². The normalized spacial score (nSPS) is 18.9. The Morgan fingerprint density at radius 2 is 2.19 bits per heavy atom. The van der Waals surface area contributed by atoms with Crippen molar-refractivity contribution in [1.29, 1.82) is 0 Å². The number of halogens is 1. The lowest BCUT2D eigenvalue weighted by molar-refractivity contribution is 0.230. The Morgan fingerprint density at radius 3 is 3.00 bits per heavy atom. The molecule has 0 radical (unpaired) electrons. The van der Waals surface area contributed by atoms with E-state index in [-0.39, 0.29) is 5.92 Å². The van der Waals surface area contributed by atoms with Crippen LogP contribution < -0.4 is 4.74 Å². The van der Waals surface area contributed by atoms with Gasteiger partial charge in [-0.25, -0.2) is 0 Å². The first-order valence-corrected chi connectivity index (χ1v) is 5.82. The molecule has 0 fully saturated rings. The Kier molecular flexibility index (Phi) is 2.40. The Balaban J connectivity index is 1.88. The molecule has 0 N–H and O–H groups in total. The Hall–Kier alpha value is -1.36. The molecule has 3 rings (SSSR count). The molecular formula is C11H9BrN2O2. The number of nitrogens with zero attached hydrogens (tertiary/aromatic N) is 2. The molecule has 16 heavy (non-hydrogen) atoms. The van der Waals surface area contributed by atoms with Gasteiger partial charge in [0, 0.05) is 0 Å². The molecule has 4 nitrogen and oxygen atoms in total. The first kappa shape index (κ1) is 9.84. The predicted octanol–water partition coefficient (Wildman–Crippen LogP) is 2.55. The van der Waals surface area contributed by atoms with Crippen molar-refractivity contribution in [3.05, 3.63) is 40.5 Å². The highest BCUT2D eigenvalue weighted by Crippen LogP contribution is 2.31. The van der Waals surface area contributed by atoms with Crippen molar-refractivity contribution in [3.63, 3.8) is 0 Å². The fourth-order valence-electron chi connectivity index (χ4n) is 1.87. The van der Waals surface area contributed by atoms with Gasteiger partial charge in [-0.2, -0.15) is 4.98 Å². The van der Waals surface area contributed by atoms with Crippen LogP contribution in [0, 0.1) is 0 Å². The number of aromatic nitrogens is 2. The Morgan fingerprint density at radius 1 is 1.31 bits per heavy atom. The van der Waals surface area contributed by atoms with Gasteiger partial charge in [-0.3, -0.25) is 0 Å². The third-order valence-corrected chi connectivity index (χ3v) is 2.97. The average molecular weight is 281 g/mol. The summed E-state index contributed by atoms with van der Waals surface area (Å²) in [6.07, 6.45) is 0.880. The highest BCUT2D eigenvalue weighted by molar-refractivity contribution is 9.10. The fourth-order valence-corrected chi connectivity index (χ4v) is 2.12. The minimum absolute atomic E-state index is 0.147. The van der Waals surface area contributed by atoms with E-state index >= 15 is 0 Å². The SMILES string of the molecule is Brc1noc(C2COc3ccccc3C2)n1. The second kappa shape index (κ2) is 3.90. The molecular weight excluding hydrogens is 272 g/mol. The van der Waals surface area contributed by atoms with Crippen LogP contribution in [0.2, 0.25) is 0 Å². The van der Waals surface area contributed by atoms with Crippen LogP contribution in [0.1, 0.15) is 17.4 Å². The maximum absolute atomic E-state index is 5.66. The van der Waals surface area contributed by atoms with Crippen molar-refractivity contribution in [1.82, 2.24) is 10.1 Å². The van der Waals surface area contributed by atoms with Gasteiger partial charge in [-0.05, 0) is 39.1 Å². The van der Waals surface area contributed by atoms with Crippen molar-refractivity contribution >= 4 is 15.9 Å². The van der Waals surface area contributed by atoms with Crippen LogP contribution in [-0.4, -0.2) is 16.7 Å². The largest absolute Gasteiger partial charge is 0.492 e. The van der Waals surface area contributed by atoms with Crippen LogP contribution in [0.15, 0.2) is 33.5 Å². The molecule has 0 amide bonds. The zero-order valence-corrected chi connectivity index (χ0v) is 9.98. The van der Waals surface area contributed by atoms with Crippen LogP contribution >= 0.6 is 15.9 Å². The second-order valence-electron chi connectivity index (χ2n) is 3.72. The molecule has 1 aromatic carbocycles. The van der Waals surface area contributed by atoms with Gasteiger partial charge in [0.25, 0.3) is 0 Å². The zero-order chi connectivity index (χ0) is 11.0. The van der Waals surface area contributed by atoms with E-state index in [1.54, 1.807) is 0 Å². The standard InChI is InChI=1S/C11H9BrN2O2/c12-11-13-10(16-14-11)8-5-7-3-1-2-4-9(7)15-6-8/h1-4,8H,5-6H2. The molecule has 0 saturated carbocycles. The van der Waals surface area contributed by atoms with E-state index in [4.69, 9.17) is 9.26 Å². The molecule has 2 heterocycles. The number of benzene rings is 1. The van der Waals surface area contributed by atoms with Crippen LogP contribution in [0.4, 0.5) is 0 Å². The molecule has 1 aromatic heterocycles. The Labute approximate surface area is 101 Å². The van der Waals surface area contributed by atoms with Crippen molar-refractivity contribution in [2.45, 2.75) is 12.3 Å². The number of hydrogen-bond donors (Lipinski definition) is 0. The van der Waals surface area contributed by atoms with Crippen LogP contribution in [-0.2, 0) is 6.42 Å². The monoisotopic (exact) mass is 280 g/mol. The summed E-state index contributed by atoms with van der Waals surface area (Å²) in [6.45, 7) is 0.589. The summed E-state index contributed by atoms with van der Waals surface area (Å²) in [7, 11) is 0. The van der Waals surface area contributed by atoms with Gasteiger partial charge in [-0.15, -0.1) is 0 Å². The van der Waals surface area contributed by atoms with Crippen LogP contribution in [0.5, 0.6) is 5.75 Å². The van der Waals surface area contributed by atoms with Crippen molar-refractivity contribution in [2.24, 2.45) is 0 Å². The van der Waals surface area contributed by atoms with Gasteiger partial charge in [0.2, 0.25) is 10.6 Å². The fraction of sp³-hybridized carbons (Fsp3) is 0.273. The first-order chi connectivity index (χ1) is 7.83. The van der Waals surface area contributed by atoms with Gasteiger partial charge >= 0.3 is 0 Å². The average Bonchev–Trinajstić information content (AvgIpc) is 2.75.